The second kappa shape index (κ2) is 4.51. The maximum atomic E-state index is 12.7. The lowest BCUT2D eigenvalue weighted by Crippen LogP contribution is -2.42. The Balaban J connectivity index is 2.84. The summed E-state index contributed by atoms with van der Waals surface area (Å²) in [6, 6.07) is 7.56. The van der Waals surface area contributed by atoms with E-state index in [1.807, 2.05) is 0 Å². The zero-order valence-corrected chi connectivity index (χ0v) is 8.33. The van der Waals surface area contributed by atoms with Crippen LogP contribution in [0.3, 0.4) is 0 Å². The van der Waals surface area contributed by atoms with Gasteiger partial charge in [0.15, 0.2) is 0 Å². The van der Waals surface area contributed by atoms with Crippen LogP contribution in [0.2, 0.25) is 0 Å². The molecular formula is C10H9F4NO. The minimum absolute atomic E-state index is 0.208. The van der Waals surface area contributed by atoms with Gasteiger partial charge in [0, 0.05) is 12.7 Å². The van der Waals surface area contributed by atoms with Crippen LogP contribution in [0.25, 0.3) is 0 Å². The smallest absolute Gasteiger partial charge is 0.313 e. The van der Waals surface area contributed by atoms with Crippen LogP contribution in [0.4, 0.5) is 23.2 Å². The van der Waals surface area contributed by atoms with Crippen LogP contribution in [0.1, 0.15) is 0 Å². The third kappa shape index (κ3) is 2.71. The monoisotopic (exact) mass is 235 g/mol. The van der Waals surface area contributed by atoms with Gasteiger partial charge in [-0.05, 0) is 12.1 Å². The predicted molar refractivity (Wildman–Crippen MR) is 50.8 cm³/mol. The summed E-state index contributed by atoms with van der Waals surface area (Å²) in [6.07, 6.45) is -8.65. The highest BCUT2D eigenvalue weighted by molar-refractivity contribution is 5.96. The van der Waals surface area contributed by atoms with Crippen LogP contribution in [-0.4, -0.2) is 25.3 Å². The number of hydrogen-bond donors (Lipinski definition) is 0. The molecule has 0 saturated heterocycles. The highest BCUT2D eigenvalue weighted by Gasteiger charge is 2.46. The first-order valence-corrected chi connectivity index (χ1v) is 4.37. The lowest BCUT2D eigenvalue weighted by atomic mass is 10.2. The average Bonchev–Trinajstić information content (AvgIpc) is 2.26. The molecule has 0 aliphatic rings. The summed E-state index contributed by atoms with van der Waals surface area (Å²) in [5.41, 5.74) is 0.208. The van der Waals surface area contributed by atoms with Crippen molar-refractivity contribution in [1.82, 2.24) is 0 Å². The largest absolute Gasteiger partial charge is 0.428 e. The predicted octanol–water partition coefficient (Wildman–Crippen LogP) is 2.55. The maximum absolute atomic E-state index is 12.7. The van der Waals surface area contributed by atoms with Gasteiger partial charge in [-0.25, -0.2) is 4.39 Å². The molecule has 0 aromatic heterocycles. The van der Waals surface area contributed by atoms with E-state index in [1.165, 1.54) is 12.1 Å². The van der Waals surface area contributed by atoms with E-state index in [0.717, 1.165) is 7.05 Å². The number of carbonyl (C=O) groups is 1. The van der Waals surface area contributed by atoms with Crippen LogP contribution in [-0.2, 0) is 4.79 Å². The fourth-order valence-corrected chi connectivity index (χ4v) is 1.09. The van der Waals surface area contributed by atoms with Gasteiger partial charge in [-0.15, -0.1) is 0 Å². The highest BCUT2D eigenvalue weighted by atomic mass is 19.4. The number of para-hydroxylation sites is 1. The Hall–Kier alpha value is -1.59. The molecule has 0 fully saturated rings. The molecule has 0 aliphatic heterocycles. The minimum atomic E-state index is -5.17. The van der Waals surface area contributed by atoms with Gasteiger partial charge < -0.3 is 4.90 Å². The second-order valence-corrected chi connectivity index (χ2v) is 3.14. The van der Waals surface area contributed by atoms with Crippen LogP contribution in [0.15, 0.2) is 30.3 Å². The summed E-state index contributed by atoms with van der Waals surface area (Å²) in [6.45, 7) is 0. The summed E-state index contributed by atoms with van der Waals surface area (Å²) in [5, 5.41) is 0. The third-order valence-corrected chi connectivity index (χ3v) is 1.98. The molecule has 1 aromatic rings. The Morgan fingerprint density at radius 1 is 1.25 bits per heavy atom. The molecule has 2 nitrogen and oxygen atoms in total. The fraction of sp³-hybridized carbons (Fsp3) is 0.300. The van der Waals surface area contributed by atoms with Crippen molar-refractivity contribution in [1.29, 1.82) is 0 Å². The van der Waals surface area contributed by atoms with Crippen molar-refractivity contribution in [3.8, 4) is 0 Å². The van der Waals surface area contributed by atoms with Crippen molar-refractivity contribution in [2.45, 2.75) is 12.3 Å². The van der Waals surface area contributed by atoms with E-state index in [0.29, 0.717) is 4.90 Å². The van der Waals surface area contributed by atoms with Crippen LogP contribution in [0, 0.1) is 0 Å². The first-order chi connectivity index (χ1) is 7.34. The molecule has 0 saturated carbocycles. The molecule has 16 heavy (non-hydrogen) atoms. The topological polar surface area (TPSA) is 20.3 Å². The number of hydrogen-bond acceptors (Lipinski definition) is 1. The standard InChI is InChI=1S/C10H9F4NO/c1-15(7-5-3-2-4-6-7)9(16)8(11)10(12,13)14/h2-6,8H,1H3/t8-/m1/s1. The number of halogens is 4. The van der Waals surface area contributed by atoms with Gasteiger partial charge in [0.1, 0.15) is 0 Å². The number of rotatable bonds is 2. The lowest BCUT2D eigenvalue weighted by Gasteiger charge is -2.20. The SMILES string of the molecule is CN(C(=O)[C@@H](F)C(F)(F)F)c1ccccc1. The molecule has 88 valence electrons. The molecule has 0 N–H and O–H groups in total. The first-order valence-electron chi connectivity index (χ1n) is 4.37. The zero-order chi connectivity index (χ0) is 12.3. The third-order valence-electron chi connectivity index (χ3n) is 1.98. The summed E-state index contributed by atoms with van der Waals surface area (Å²) in [4.78, 5) is 11.8. The van der Waals surface area contributed by atoms with Gasteiger partial charge in [-0.3, -0.25) is 4.79 Å². The fourth-order valence-electron chi connectivity index (χ4n) is 1.09. The second-order valence-electron chi connectivity index (χ2n) is 3.14. The van der Waals surface area contributed by atoms with Gasteiger partial charge in [-0.2, -0.15) is 13.2 Å². The van der Waals surface area contributed by atoms with Crippen molar-refractivity contribution >= 4 is 11.6 Å². The minimum Gasteiger partial charge on any atom is -0.313 e. The van der Waals surface area contributed by atoms with Crippen LogP contribution >= 0.6 is 0 Å². The van der Waals surface area contributed by atoms with Gasteiger partial charge in [0.2, 0.25) is 0 Å². The van der Waals surface area contributed by atoms with Crippen molar-refractivity contribution in [2.24, 2.45) is 0 Å². The summed E-state index contributed by atoms with van der Waals surface area (Å²) in [7, 11) is 1.09. The maximum Gasteiger partial charge on any atom is 0.428 e. The molecule has 0 spiro atoms. The number of carbonyl (C=O) groups excluding carboxylic acids is 1. The number of alkyl halides is 4. The van der Waals surface area contributed by atoms with Crippen molar-refractivity contribution in [3.63, 3.8) is 0 Å². The number of nitrogens with zero attached hydrogens (tertiary/aromatic N) is 1. The Kier molecular flexibility index (Phi) is 3.51. The molecule has 1 amide bonds. The van der Waals surface area contributed by atoms with Crippen molar-refractivity contribution in [3.05, 3.63) is 30.3 Å². The lowest BCUT2D eigenvalue weighted by molar-refractivity contribution is -0.185. The summed E-state index contributed by atoms with van der Waals surface area (Å²) >= 11 is 0. The van der Waals surface area contributed by atoms with E-state index in [2.05, 4.69) is 0 Å². The molecule has 1 aromatic carbocycles. The summed E-state index contributed by atoms with van der Waals surface area (Å²) in [5.74, 6) is -1.63. The van der Waals surface area contributed by atoms with E-state index in [9.17, 15) is 22.4 Å². The molecule has 6 heteroatoms. The van der Waals surface area contributed by atoms with Crippen molar-refractivity contribution < 1.29 is 22.4 Å². The molecule has 0 bridgehead atoms. The molecular weight excluding hydrogens is 226 g/mol. The Bertz CT molecular complexity index is 363. The van der Waals surface area contributed by atoms with E-state index >= 15 is 0 Å². The van der Waals surface area contributed by atoms with E-state index in [1.54, 1.807) is 18.2 Å². The van der Waals surface area contributed by atoms with E-state index in [4.69, 9.17) is 0 Å². The Morgan fingerprint density at radius 3 is 2.19 bits per heavy atom. The Morgan fingerprint density at radius 2 is 1.75 bits per heavy atom. The number of amides is 1. The van der Waals surface area contributed by atoms with Crippen LogP contribution in [0.5, 0.6) is 0 Å². The number of anilines is 1. The zero-order valence-electron chi connectivity index (χ0n) is 8.33. The molecule has 0 heterocycles. The van der Waals surface area contributed by atoms with Gasteiger partial charge in [-0.1, -0.05) is 18.2 Å². The molecule has 1 atom stereocenters. The molecule has 0 radical (unpaired) electrons. The highest BCUT2D eigenvalue weighted by Crippen LogP contribution is 2.25. The quantitative estimate of drug-likeness (QED) is 0.721. The number of benzene rings is 1. The van der Waals surface area contributed by atoms with Gasteiger partial charge >= 0.3 is 6.18 Å². The summed E-state index contributed by atoms with van der Waals surface area (Å²) < 4.78 is 48.6. The normalized spacial score (nSPS) is 13.3. The first kappa shape index (κ1) is 12.5. The van der Waals surface area contributed by atoms with Crippen molar-refractivity contribution in [2.75, 3.05) is 11.9 Å². The van der Waals surface area contributed by atoms with Gasteiger partial charge in [0.05, 0.1) is 0 Å². The molecule has 0 aliphatic carbocycles. The molecule has 0 unspecified atom stereocenters. The van der Waals surface area contributed by atoms with E-state index < -0.39 is 18.3 Å². The van der Waals surface area contributed by atoms with Gasteiger partial charge in [0.25, 0.3) is 12.1 Å². The average molecular weight is 235 g/mol. The van der Waals surface area contributed by atoms with E-state index in [-0.39, 0.29) is 5.69 Å². The Labute approximate surface area is 89.5 Å². The molecule has 1 rings (SSSR count). The van der Waals surface area contributed by atoms with Crippen LogP contribution < -0.4 is 4.90 Å².